The lowest BCUT2D eigenvalue weighted by Gasteiger charge is -2.09. The molecule has 9 nitrogen and oxygen atoms in total. The van der Waals surface area contributed by atoms with Gasteiger partial charge < -0.3 is 19.4 Å². The number of benzene rings is 1. The van der Waals surface area contributed by atoms with Crippen LogP contribution in [-0.2, 0) is 21.4 Å². The fourth-order valence-corrected chi connectivity index (χ4v) is 2.20. The van der Waals surface area contributed by atoms with E-state index in [1.165, 1.54) is 7.11 Å². The number of aromatic nitrogens is 1. The van der Waals surface area contributed by atoms with Crippen molar-refractivity contribution in [1.82, 2.24) is 15.2 Å². The molecule has 0 saturated heterocycles. The Balaban J connectivity index is 1.76. The monoisotopic (exact) mass is 373 g/mol. The lowest BCUT2D eigenvalue weighted by atomic mass is 10.2. The molecule has 0 aliphatic rings. The maximum Gasteiger partial charge on any atom is 0.325 e. The van der Waals surface area contributed by atoms with Crippen molar-refractivity contribution in [2.75, 3.05) is 20.3 Å². The standard InChI is InChI=1S/C18H19N3O6/c1-21-9-5-7-13(21)18(25)20-15(22)11-27-16(23)10-19-17(24)12-6-3-4-8-14(12)26-2/h3-9H,10-11H2,1-2H3,(H,19,24)(H,20,22,25). The molecule has 0 radical (unpaired) electrons. The molecule has 0 unspecified atom stereocenters. The molecule has 0 spiro atoms. The zero-order chi connectivity index (χ0) is 19.8. The highest BCUT2D eigenvalue weighted by Crippen LogP contribution is 2.16. The van der Waals surface area contributed by atoms with Gasteiger partial charge in [0.15, 0.2) is 6.61 Å². The second-order valence-corrected chi connectivity index (χ2v) is 5.43. The van der Waals surface area contributed by atoms with Gasteiger partial charge in [-0.25, -0.2) is 0 Å². The second kappa shape index (κ2) is 9.18. The SMILES string of the molecule is COc1ccccc1C(=O)NCC(=O)OCC(=O)NC(=O)c1cccn1C. The van der Waals surface area contributed by atoms with Crippen LogP contribution in [-0.4, -0.2) is 48.5 Å². The molecule has 2 aromatic rings. The number of esters is 1. The first kappa shape index (κ1) is 19.7. The summed E-state index contributed by atoms with van der Waals surface area (Å²) in [4.78, 5) is 47.3. The topological polar surface area (TPSA) is 116 Å². The molecule has 27 heavy (non-hydrogen) atoms. The molecule has 0 bridgehead atoms. The molecule has 0 atom stereocenters. The zero-order valence-corrected chi connectivity index (χ0v) is 14.9. The predicted octanol–water partition coefficient (Wildman–Crippen LogP) is 0.263. The number of hydrogen-bond donors (Lipinski definition) is 2. The van der Waals surface area contributed by atoms with Crippen LogP contribution in [0.4, 0.5) is 0 Å². The summed E-state index contributed by atoms with van der Waals surface area (Å²) in [6.45, 7) is -1.07. The van der Waals surface area contributed by atoms with Crippen molar-refractivity contribution in [3.63, 3.8) is 0 Å². The van der Waals surface area contributed by atoms with Crippen LogP contribution in [0.5, 0.6) is 5.75 Å². The zero-order valence-electron chi connectivity index (χ0n) is 14.9. The quantitative estimate of drug-likeness (QED) is 0.673. The first-order valence-electron chi connectivity index (χ1n) is 7.94. The number of carbonyl (C=O) groups excluding carboxylic acids is 4. The van der Waals surface area contributed by atoms with Gasteiger partial charge in [0.1, 0.15) is 18.0 Å². The number of para-hydroxylation sites is 1. The Kier molecular flexibility index (Phi) is 6.70. The second-order valence-electron chi connectivity index (χ2n) is 5.43. The summed E-state index contributed by atoms with van der Waals surface area (Å²) in [6.07, 6.45) is 1.66. The highest BCUT2D eigenvalue weighted by Gasteiger charge is 2.16. The van der Waals surface area contributed by atoms with Gasteiger partial charge in [0.2, 0.25) is 0 Å². The van der Waals surface area contributed by atoms with Gasteiger partial charge in [-0.3, -0.25) is 24.5 Å². The molecule has 1 heterocycles. The van der Waals surface area contributed by atoms with E-state index in [-0.39, 0.29) is 5.56 Å². The first-order chi connectivity index (χ1) is 12.9. The normalized spacial score (nSPS) is 10.0. The first-order valence-corrected chi connectivity index (χ1v) is 7.94. The number of nitrogens with zero attached hydrogens (tertiary/aromatic N) is 1. The Labute approximate surface area is 155 Å². The maximum atomic E-state index is 12.1. The van der Waals surface area contributed by atoms with Crippen molar-refractivity contribution in [1.29, 1.82) is 0 Å². The summed E-state index contributed by atoms with van der Waals surface area (Å²) in [5, 5.41) is 4.48. The van der Waals surface area contributed by atoms with Gasteiger partial charge in [-0.2, -0.15) is 0 Å². The Hall–Kier alpha value is -3.62. The highest BCUT2D eigenvalue weighted by molar-refractivity contribution is 6.04. The third kappa shape index (κ3) is 5.43. The van der Waals surface area contributed by atoms with E-state index in [0.717, 1.165) is 0 Å². The van der Waals surface area contributed by atoms with E-state index in [9.17, 15) is 19.2 Å². The van der Waals surface area contributed by atoms with Crippen LogP contribution >= 0.6 is 0 Å². The Morgan fingerprint density at radius 1 is 1.04 bits per heavy atom. The fraction of sp³-hybridized carbons (Fsp3) is 0.222. The number of aryl methyl sites for hydroxylation is 1. The molecule has 0 fully saturated rings. The smallest absolute Gasteiger partial charge is 0.325 e. The molecule has 142 valence electrons. The van der Waals surface area contributed by atoms with Gasteiger partial charge in [-0.1, -0.05) is 12.1 Å². The van der Waals surface area contributed by atoms with Gasteiger partial charge in [0, 0.05) is 13.2 Å². The number of hydrogen-bond acceptors (Lipinski definition) is 6. The minimum absolute atomic E-state index is 0.263. The van der Waals surface area contributed by atoms with Crippen LogP contribution in [0, 0.1) is 0 Å². The van der Waals surface area contributed by atoms with E-state index < -0.39 is 36.8 Å². The summed E-state index contributed by atoms with van der Waals surface area (Å²) in [5.41, 5.74) is 0.553. The third-order valence-electron chi connectivity index (χ3n) is 3.54. The molecular formula is C18H19N3O6. The Morgan fingerprint density at radius 2 is 1.78 bits per heavy atom. The molecule has 1 aromatic carbocycles. The van der Waals surface area contributed by atoms with Gasteiger partial charge >= 0.3 is 5.97 Å². The van der Waals surface area contributed by atoms with E-state index in [1.807, 2.05) is 0 Å². The summed E-state index contributed by atoms with van der Waals surface area (Å²) in [7, 11) is 3.08. The molecule has 2 N–H and O–H groups in total. The maximum absolute atomic E-state index is 12.1. The molecular weight excluding hydrogens is 354 g/mol. The minimum Gasteiger partial charge on any atom is -0.496 e. The van der Waals surface area contributed by atoms with E-state index in [1.54, 1.807) is 54.2 Å². The summed E-state index contributed by atoms with van der Waals surface area (Å²) in [5.74, 6) is -2.35. The van der Waals surface area contributed by atoms with Crippen molar-refractivity contribution in [2.45, 2.75) is 0 Å². The van der Waals surface area contributed by atoms with Gasteiger partial charge in [-0.05, 0) is 24.3 Å². The number of imide groups is 1. The van der Waals surface area contributed by atoms with Crippen LogP contribution in [0.2, 0.25) is 0 Å². The van der Waals surface area contributed by atoms with E-state index in [4.69, 9.17) is 9.47 Å². The van der Waals surface area contributed by atoms with Crippen LogP contribution < -0.4 is 15.4 Å². The summed E-state index contributed by atoms with van der Waals surface area (Å²) in [6, 6.07) is 9.72. The average molecular weight is 373 g/mol. The van der Waals surface area contributed by atoms with Crippen LogP contribution in [0.3, 0.4) is 0 Å². The third-order valence-corrected chi connectivity index (χ3v) is 3.54. The molecule has 2 rings (SSSR count). The number of ether oxygens (including phenoxy) is 2. The number of amides is 3. The lowest BCUT2D eigenvalue weighted by molar-refractivity contribution is -0.147. The molecule has 0 aliphatic carbocycles. The van der Waals surface area contributed by atoms with Crippen LogP contribution in [0.1, 0.15) is 20.8 Å². The van der Waals surface area contributed by atoms with Crippen molar-refractivity contribution >= 4 is 23.7 Å². The van der Waals surface area contributed by atoms with Gasteiger partial charge in [0.05, 0.1) is 12.7 Å². The van der Waals surface area contributed by atoms with Crippen molar-refractivity contribution in [3.8, 4) is 5.75 Å². The van der Waals surface area contributed by atoms with Crippen LogP contribution in [0.25, 0.3) is 0 Å². The molecule has 1 aromatic heterocycles. The molecule has 9 heteroatoms. The minimum atomic E-state index is -0.820. The van der Waals surface area contributed by atoms with Crippen molar-refractivity contribution < 1.29 is 28.7 Å². The molecule has 0 saturated carbocycles. The Bertz CT molecular complexity index is 858. The number of methoxy groups -OCH3 is 1. The lowest BCUT2D eigenvalue weighted by Crippen LogP contribution is -2.37. The van der Waals surface area contributed by atoms with E-state index in [2.05, 4.69) is 10.6 Å². The predicted molar refractivity (Wildman–Crippen MR) is 94.2 cm³/mol. The fourth-order valence-electron chi connectivity index (χ4n) is 2.20. The van der Waals surface area contributed by atoms with Crippen molar-refractivity contribution in [2.24, 2.45) is 7.05 Å². The largest absolute Gasteiger partial charge is 0.496 e. The number of rotatable bonds is 7. The molecule has 0 aliphatic heterocycles. The molecule has 3 amide bonds. The number of carbonyl (C=O) groups is 4. The number of nitrogens with one attached hydrogen (secondary N) is 2. The van der Waals surface area contributed by atoms with Crippen molar-refractivity contribution in [3.05, 3.63) is 53.9 Å². The average Bonchev–Trinajstić information content (AvgIpc) is 3.10. The van der Waals surface area contributed by atoms with Gasteiger partial charge in [0.25, 0.3) is 17.7 Å². The highest BCUT2D eigenvalue weighted by atomic mass is 16.5. The van der Waals surface area contributed by atoms with E-state index >= 15 is 0 Å². The van der Waals surface area contributed by atoms with Gasteiger partial charge in [-0.15, -0.1) is 0 Å². The summed E-state index contributed by atoms with van der Waals surface area (Å²) >= 11 is 0. The summed E-state index contributed by atoms with van der Waals surface area (Å²) < 4.78 is 11.3. The van der Waals surface area contributed by atoms with Crippen LogP contribution in [0.15, 0.2) is 42.6 Å². The van der Waals surface area contributed by atoms with E-state index in [0.29, 0.717) is 11.4 Å². The Morgan fingerprint density at radius 3 is 2.44 bits per heavy atom.